The molecule has 0 heterocycles. The predicted molar refractivity (Wildman–Crippen MR) is 44.6 cm³/mol. The third kappa shape index (κ3) is 9.35. The van der Waals surface area contributed by atoms with Crippen molar-refractivity contribution in [2.45, 2.75) is 19.9 Å². The van der Waals surface area contributed by atoms with E-state index in [2.05, 4.69) is 0 Å². The molecule has 5 N–H and O–H groups in total. The monoisotopic (exact) mass is 179 g/mol. The van der Waals surface area contributed by atoms with Crippen LogP contribution in [0.3, 0.4) is 0 Å². The first-order valence-electron chi connectivity index (χ1n) is 3.67. The molecule has 0 bridgehead atoms. The van der Waals surface area contributed by atoms with Crippen LogP contribution in [0.15, 0.2) is 0 Å². The van der Waals surface area contributed by atoms with E-state index >= 15 is 0 Å². The Balaban J connectivity index is 0. The minimum absolute atomic E-state index is 0.0208. The third-order valence-electron chi connectivity index (χ3n) is 1.10. The number of nitrogens with two attached hydrogens (primary N) is 1. The zero-order valence-corrected chi connectivity index (χ0v) is 7.40. The highest BCUT2D eigenvalue weighted by molar-refractivity contribution is 5.73. The summed E-state index contributed by atoms with van der Waals surface area (Å²) in [4.78, 5) is 10.0. The highest BCUT2D eigenvalue weighted by atomic mass is 16.4. The first kappa shape index (κ1) is 13.9. The number of hydrogen-bond acceptors (Lipinski definition) is 4. The topological polar surface area (TPSA) is 104 Å². The Hall–Kier alpha value is -0.650. The van der Waals surface area contributed by atoms with Gasteiger partial charge in [0.15, 0.2) is 0 Å². The second kappa shape index (κ2) is 8.45. The van der Waals surface area contributed by atoms with Crippen molar-refractivity contribution in [2.24, 2.45) is 11.7 Å². The molecule has 0 aliphatic carbocycles. The molecular formula is C7H17NO4. The summed E-state index contributed by atoms with van der Waals surface area (Å²) >= 11 is 0. The average molecular weight is 179 g/mol. The first-order valence-corrected chi connectivity index (χ1v) is 3.67. The molecule has 0 aromatic rings. The normalized spacial score (nSPS) is 11.8. The molecule has 0 spiro atoms. The second-order valence-corrected chi connectivity index (χ2v) is 2.56. The van der Waals surface area contributed by atoms with Gasteiger partial charge < -0.3 is 21.1 Å². The predicted octanol–water partition coefficient (Wildman–Crippen LogP) is -0.975. The highest BCUT2D eigenvalue weighted by Gasteiger charge is 2.14. The van der Waals surface area contributed by atoms with E-state index in [9.17, 15) is 4.79 Å². The van der Waals surface area contributed by atoms with Crippen LogP contribution in [0.4, 0.5) is 0 Å². The molecule has 0 amide bonds. The first-order chi connectivity index (χ1) is 5.47. The number of aliphatic carboxylic acids is 1. The Bertz CT molecular complexity index is 114. The number of aliphatic hydroxyl groups excluding tert-OH is 2. The van der Waals surface area contributed by atoms with E-state index < -0.39 is 12.0 Å². The van der Waals surface area contributed by atoms with Crippen LogP contribution in [0, 0.1) is 5.92 Å². The van der Waals surface area contributed by atoms with E-state index in [0.29, 0.717) is 0 Å². The van der Waals surface area contributed by atoms with Crippen molar-refractivity contribution < 1.29 is 20.1 Å². The highest BCUT2D eigenvalue weighted by Crippen LogP contribution is 1.96. The van der Waals surface area contributed by atoms with Crippen LogP contribution in [0.25, 0.3) is 0 Å². The van der Waals surface area contributed by atoms with Gasteiger partial charge in [-0.25, -0.2) is 0 Å². The fraction of sp³-hybridized carbons (Fsp3) is 0.857. The summed E-state index contributed by atoms with van der Waals surface area (Å²) in [5, 5.41) is 23.5. The molecular weight excluding hydrogens is 162 g/mol. The summed E-state index contributed by atoms with van der Waals surface area (Å²) in [5.41, 5.74) is 5.16. The van der Waals surface area contributed by atoms with E-state index in [4.69, 9.17) is 21.1 Å². The summed E-state index contributed by atoms with van der Waals surface area (Å²) in [6, 6.07) is -0.713. The molecule has 0 rings (SSSR count). The summed E-state index contributed by atoms with van der Waals surface area (Å²) < 4.78 is 0. The van der Waals surface area contributed by atoms with Gasteiger partial charge in [-0.05, 0) is 5.92 Å². The van der Waals surface area contributed by atoms with E-state index in [1.165, 1.54) is 0 Å². The van der Waals surface area contributed by atoms with Gasteiger partial charge in [-0.2, -0.15) is 0 Å². The van der Waals surface area contributed by atoms with Crippen LogP contribution in [0.2, 0.25) is 0 Å². The van der Waals surface area contributed by atoms with E-state index in [-0.39, 0.29) is 19.1 Å². The molecule has 5 heteroatoms. The lowest BCUT2D eigenvalue weighted by Crippen LogP contribution is -2.34. The second-order valence-electron chi connectivity index (χ2n) is 2.56. The maximum atomic E-state index is 10.0. The van der Waals surface area contributed by atoms with Crippen molar-refractivity contribution in [1.29, 1.82) is 0 Å². The summed E-state index contributed by atoms with van der Waals surface area (Å²) in [5.74, 6) is -0.910. The Labute approximate surface area is 71.8 Å². The standard InChI is InChI=1S/C5H11NO2.C2H6O2/c1-3(2)4(6)5(7)8;3-1-2-4/h3-4H,6H2,1-2H3,(H,7,8);3-4H,1-2H2/t4-;/m0./s1. The Kier molecular flexibility index (Phi) is 9.79. The number of hydrogen-bond donors (Lipinski definition) is 4. The number of carboxylic acid groups (broad SMARTS) is 1. The molecule has 74 valence electrons. The van der Waals surface area contributed by atoms with Gasteiger partial charge in [-0.1, -0.05) is 13.8 Å². The van der Waals surface area contributed by atoms with Crippen LogP contribution >= 0.6 is 0 Å². The fourth-order valence-electron chi connectivity index (χ4n) is 0.285. The summed E-state index contributed by atoms with van der Waals surface area (Å²) in [7, 11) is 0. The number of carboxylic acids is 1. The van der Waals surface area contributed by atoms with Crippen molar-refractivity contribution in [3.05, 3.63) is 0 Å². The molecule has 5 nitrogen and oxygen atoms in total. The van der Waals surface area contributed by atoms with Crippen molar-refractivity contribution in [2.75, 3.05) is 13.2 Å². The number of rotatable bonds is 3. The van der Waals surface area contributed by atoms with Crippen LogP contribution < -0.4 is 5.73 Å². The Morgan fingerprint density at radius 3 is 1.67 bits per heavy atom. The lowest BCUT2D eigenvalue weighted by molar-refractivity contribution is -0.139. The molecule has 0 saturated heterocycles. The molecule has 0 aromatic carbocycles. The molecule has 0 saturated carbocycles. The van der Waals surface area contributed by atoms with Crippen molar-refractivity contribution in [3.63, 3.8) is 0 Å². The van der Waals surface area contributed by atoms with Crippen molar-refractivity contribution in [1.82, 2.24) is 0 Å². The van der Waals surface area contributed by atoms with Crippen LogP contribution in [0.1, 0.15) is 13.8 Å². The molecule has 0 unspecified atom stereocenters. The van der Waals surface area contributed by atoms with Crippen LogP contribution in [0.5, 0.6) is 0 Å². The van der Waals surface area contributed by atoms with Gasteiger partial charge in [0.1, 0.15) is 6.04 Å². The van der Waals surface area contributed by atoms with Crippen LogP contribution in [-0.4, -0.2) is 40.5 Å². The lowest BCUT2D eigenvalue weighted by atomic mass is 10.1. The molecule has 12 heavy (non-hydrogen) atoms. The van der Waals surface area contributed by atoms with Gasteiger partial charge in [-0.15, -0.1) is 0 Å². The third-order valence-corrected chi connectivity index (χ3v) is 1.10. The van der Waals surface area contributed by atoms with Gasteiger partial charge >= 0.3 is 5.97 Å². The van der Waals surface area contributed by atoms with Gasteiger partial charge in [0, 0.05) is 0 Å². The molecule has 1 atom stereocenters. The minimum Gasteiger partial charge on any atom is -0.480 e. The minimum atomic E-state index is -0.931. The summed E-state index contributed by atoms with van der Waals surface area (Å²) in [6.45, 7) is 3.30. The molecule has 0 aliphatic rings. The van der Waals surface area contributed by atoms with Gasteiger partial charge in [0.2, 0.25) is 0 Å². The number of carbonyl (C=O) groups is 1. The zero-order valence-electron chi connectivity index (χ0n) is 7.40. The van der Waals surface area contributed by atoms with E-state index in [1.807, 2.05) is 0 Å². The van der Waals surface area contributed by atoms with Gasteiger partial charge in [0.05, 0.1) is 13.2 Å². The Morgan fingerprint density at radius 1 is 1.33 bits per heavy atom. The lowest BCUT2D eigenvalue weighted by Gasteiger charge is -2.07. The maximum absolute atomic E-state index is 10.0. The van der Waals surface area contributed by atoms with Gasteiger partial charge in [0.25, 0.3) is 0 Å². The SMILES string of the molecule is CC(C)[C@H](N)C(=O)O.OCCO. The average Bonchev–Trinajstić information content (AvgIpc) is 2.03. The van der Waals surface area contributed by atoms with Crippen LogP contribution in [-0.2, 0) is 4.79 Å². The van der Waals surface area contributed by atoms with Gasteiger partial charge in [-0.3, -0.25) is 4.79 Å². The largest absolute Gasteiger partial charge is 0.480 e. The van der Waals surface area contributed by atoms with E-state index in [1.54, 1.807) is 13.8 Å². The quantitative estimate of drug-likeness (QED) is 0.446. The number of aliphatic hydroxyl groups is 2. The molecule has 0 fully saturated rings. The summed E-state index contributed by atoms with van der Waals surface area (Å²) in [6.07, 6.45) is 0. The Morgan fingerprint density at radius 2 is 1.67 bits per heavy atom. The van der Waals surface area contributed by atoms with E-state index in [0.717, 1.165) is 0 Å². The molecule has 0 aliphatic heterocycles. The van der Waals surface area contributed by atoms with Crippen molar-refractivity contribution >= 4 is 5.97 Å². The molecule has 0 radical (unpaired) electrons. The molecule has 0 aromatic heterocycles. The maximum Gasteiger partial charge on any atom is 0.320 e. The fourth-order valence-corrected chi connectivity index (χ4v) is 0.285. The van der Waals surface area contributed by atoms with Crippen molar-refractivity contribution in [3.8, 4) is 0 Å². The smallest absolute Gasteiger partial charge is 0.320 e. The zero-order chi connectivity index (χ0) is 10.1.